The number of nitrogens with one attached hydrogen (secondary N) is 2. The van der Waals surface area contributed by atoms with Gasteiger partial charge in [-0.1, -0.05) is 0 Å². The van der Waals surface area contributed by atoms with E-state index >= 15 is 0 Å². The number of benzene rings is 1. The van der Waals surface area contributed by atoms with Gasteiger partial charge in [0.2, 0.25) is 0 Å². The number of furan rings is 1. The first kappa shape index (κ1) is 17.1. The average Bonchev–Trinajstić information content (AvgIpc) is 3.41. The third-order valence-corrected chi connectivity index (χ3v) is 4.64. The van der Waals surface area contributed by atoms with Crippen molar-refractivity contribution >= 4 is 23.0 Å². The van der Waals surface area contributed by atoms with Crippen LogP contribution in [0.3, 0.4) is 0 Å². The molecule has 1 saturated heterocycles. The quantitative estimate of drug-likeness (QED) is 0.690. The highest BCUT2D eigenvalue weighted by molar-refractivity contribution is 6.03. The maximum atomic E-state index is 12.5. The van der Waals surface area contributed by atoms with Crippen molar-refractivity contribution < 1.29 is 9.21 Å². The van der Waals surface area contributed by atoms with E-state index in [4.69, 9.17) is 4.42 Å². The lowest BCUT2D eigenvalue weighted by atomic mass is 10.2. The Balaban J connectivity index is 1.38. The van der Waals surface area contributed by atoms with Crippen molar-refractivity contribution in [3.05, 3.63) is 72.4 Å². The number of pyridine rings is 1. The fourth-order valence-electron chi connectivity index (χ4n) is 3.19. The number of amides is 1. The Morgan fingerprint density at radius 1 is 1.07 bits per heavy atom. The van der Waals surface area contributed by atoms with Crippen LogP contribution in [0.4, 0.5) is 17.1 Å². The molecule has 6 nitrogen and oxygen atoms in total. The number of carbonyl (C=O) groups is 1. The molecule has 1 aliphatic rings. The van der Waals surface area contributed by atoms with Crippen molar-refractivity contribution in [1.29, 1.82) is 0 Å². The number of rotatable bonds is 6. The highest BCUT2D eigenvalue weighted by atomic mass is 16.3. The predicted octanol–water partition coefficient (Wildman–Crippen LogP) is 4.14. The van der Waals surface area contributed by atoms with E-state index in [0.717, 1.165) is 30.2 Å². The van der Waals surface area contributed by atoms with Crippen LogP contribution in [0.15, 0.2) is 65.4 Å². The molecule has 1 fully saturated rings. The number of anilines is 3. The van der Waals surface area contributed by atoms with E-state index in [1.54, 1.807) is 18.5 Å². The van der Waals surface area contributed by atoms with Crippen molar-refractivity contribution in [2.75, 3.05) is 28.6 Å². The van der Waals surface area contributed by atoms with Gasteiger partial charge in [0.25, 0.3) is 5.91 Å². The van der Waals surface area contributed by atoms with Crippen molar-refractivity contribution in [2.24, 2.45) is 0 Å². The molecule has 27 heavy (non-hydrogen) atoms. The van der Waals surface area contributed by atoms with E-state index in [9.17, 15) is 4.79 Å². The van der Waals surface area contributed by atoms with E-state index in [-0.39, 0.29) is 5.91 Å². The Kier molecular flexibility index (Phi) is 5.05. The second kappa shape index (κ2) is 7.95. The molecule has 0 spiro atoms. The van der Waals surface area contributed by atoms with Crippen LogP contribution >= 0.6 is 0 Å². The number of hydrogen-bond acceptors (Lipinski definition) is 5. The second-order valence-corrected chi connectivity index (χ2v) is 6.56. The van der Waals surface area contributed by atoms with Gasteiger partial charge in [0.05, 0.1) is 12.8 Å². The predicted molar refractivity (Wildman–Crippen MR) is 106 cm³/mol. The lowest BCUT2D eigenvalue weighted by Gasteiger charge is -2.17. The molecule has 6 heteroatoms. The van der Waals surface area contributed by atoms with E-state index in [0.29, 0.717) is 12.2 Å². The van der Waals surface area contributed by atoms with Gasteiger partial charge in [0.1, 0.15) is 11.5 Å². The van der Waals surface area contributed by atoms with Gasteiger partial charge in [-0.2, -0.15) is 0 Å². The molecular weight excluding hydrogens is 340 g/mol. The topological polar surface area (TPSA) is 70.4 Å². The molecule has 0 atom stereocenters. The zero-order valence-electron chi connectivity index (χ0n) is 15.0. The minimum absolute atomic E-state index is 0.231. The number of nitrogens with zero attached hydrogens (tertiary/aromatic N) is 2. The summed E-state index contributed by atoms with van der Waals surface area (Å²) in [5.41, 5.74) is 3.14. The normalized spacial score (nSPS) is 13.6. The van der Waals surface area contributed by atoms with Crippen LogP contribution in [0.1, 0.15) is 29.1 Å². The van der Waals surface area contributed by atoms with Gasteiger partial charge in [0.15, 0.2) is 0 Å². The molecule has 2 N–H and O–H groups in total. The molecule has 0 aliphatic carbocycles. The van der Waals surface area contributed by atoms with Crippen molar-refractivity contribution in [1.82, 2.24) is 4.98 Å². The van der Waals surface area contributed by atoms with Gasteiger partial charge in [-0.05, 0) is 61.4 Å². The third kappa shape index (κ3) is 4.28. The van der Waals surface area contributed by atoms with Crippen LogP contribution in [0, 0.1) is 0 Å². The Morgan fingerprint density at radius 2 is 1.89 bits per heavy atom. The molecule has 1 amide bonds. The van der Waals surface area contributed by atoms with E-state index in [1.807, 2.05) is 30.3 Å². The standard InChI is InChI=1S/C21H22N4O2/c26-21(24-16-5-7-18(8-6-16)25-11-1-2-12-25)20-14-17(9-10-22-20)23-15-19-4-3-13-27-19/h3-10,13-14H,1-2,11-12,15H2,(H,22,23)(H,24,26). The molecule has 0 saturated carbocycles. The Labute approximate surface area is 158 Å². The van der Waals surface area contributed by atoms with Crippen molar-refractivity contribution in [3.63, 3.8) is 0 Å². The first-order valence-electron chi connectivity index (χ1n) is 9.16. The first-order valence-corrected chi connectivity index (χ1v) is 9.16. The summed E-state index contributed by atoms with van der Waals surface area (Å²) >= 11 is 0. The zero-order valence-corrected chi connectivity index (χ0v) is 15.0. The lowest BCUT2D eigenvalue weighted by molar-refractivity contribution is 0.102. The van der Waals surface area contributed by atoms with Crippen LogP contribution in [0.5, 0.6) is 0 Å². The summed E-state index contributed by atoms with van der Waals surface area (Å²) in [6.07, 6.45) is 5.75. The summed E-state index contributed by atoms with van der Waals surface area (Å²) in [4.78, 5) is 19.0. The molecule has 0 radical (unpaired) electrons. The molecule has 3 heterocycles. The van der Waals surface area contributed by atoms with Gasteiger partial charge >= 0.3 is 0 Å². The molecule has 4 rings (SSSR count). The van der Waals surface area contributed by atoms with Gasteiger partial charge in [-0.25, -0.2) is 0 Å². The molecule has 138 valence electrons. The van der Waals surface area contributed by atoms with Crippen LogP contribution in [-0.2, 0) is 6.54 Å². The van der Waals surface area contributed by atoms with E-state index in [1.165, 1.54) is 18.5 Å². The number of aromatic nitrogens is 1. The highest BCUT2D eigenvalue weighted by Gasteiger charge is 2.13. The summed E-state index contributed by atoms with van der Waals surface area (Å²) in [6.45, 7) is 2.76. The molecular formula is C21H22N4O2. The summed E-state index contributed by atoms with van der Waals surface area (Å²) in [5, 5.41) is 6.13. The highest BCUT2D eigenvalue weighted by Crippen LogP contribution is 2.22. The van der Waals surface area contributed by atoms with Gasteiger partial charge in [-0.15, -0.1) is 0 Å². The van der Waals surface area contributed by atoms with Crippen LogP contribution in [0.25, 0.3) is 0 Å². The molecule has 1 aromatic carbocycles. The van der Waals surface area contributed by atoms with Crippen LogP contribution < -0.4 is 15.5 Å². The first-order chi connectivity index (χ1) is 13.3. The second-order valence-electron chi connectivity index (χ2n) is 6.56. The summed E-state index contributed by atoms with van der Waals surface area (Å²) in [5.74, 6) is 0.599. The maximum Gasteiger partial charge on any atom is 0.274 e. The van der Waals surface area contributed by atoms with Gasteiger partial charge in [-0.3, -0.25) is 9.78 Å². The molecule has 3 aromatic rings. The maximum absolute atomic E-state index is 12.5. The monoisotopic (exact) mass is 362 g/mol. The minimum atomic E-state index is -0.231. The largest absolute Gasteiger partial charge is 0.467 e. The summed E-state index contributed by atoms with van der Waals surface area (Å²) in [7, 11) is 0. The molecule has 2 aromatic heterocycles. The smallest absolute Gasteiger partial charge is 0.274 e. The summed E-state index contributed by atoms with van der Waals surface area (Å²) < 4.78 is 5.30. The summed E-state index contributed by atoms with van der Waals surface area (Å²) in [6, 6.07) is 15.3. The van der Waals surface area contributed by atoms with Gasteiger partial charge < -0.3 is 20.0 Å². The Bertz CT molecular complexity index is 885. The SMILES string of the molecule is O=C(Nc1ccc(N2CCCC2)cc1)c1cc(NCc2ccco2)ccn1. The van der Waals surface area contributed by atoms with Crippen LogP contribution in [0.2, 0.25) is 0 Å². The molecule has 1 aliphatic heterocycles. The minimum Gasteiger partial charge on any atom is -0.467 e. The lowest BCUT2D eigenvalue weighted by Crippen LogP contribution is -2.17. The number of hydrogen-bond donors (Lipinski definition) is 2. The molecule has 0 unspecified atom stereocenters. The fraction of sp³-hybridized carbons (Fsp3) is 0.238. The Morgan fingerprint density at radius 3 is 2.63 bits per heavy atom. The zero-order chi connectivity index (χ0) is 18.5. The van der Waals surface area contributed by atoms with Crippen molar-refractivity contribution in [3.8, 4) is 0 Å². The third-order valence-electron chi connectivity index (χ3n) is 4.64. The van der Waals surface area contributed by atoms with E-state index < -0.39 is 0 Å². The number of carbonyl (C=O) groups excluding carboxylic acids is 1. The average molecular weight is 362 g/mol. The van der Waals surface area contributed by atoms with E-state index in [2.05, 4.69) is 32.7 Å². The Hall–Kier alpha value is -3.28. The molecule has 0 bridgehead atoms. The van der Waals surface area contributed by atoms with Gasteiger partial charge in [0, 0.05) is 36.3 Å². The van der Waals surface area contributed by atoms with Crippen molar-refractivity contribution in [2.45, 2.75) is 19.4 Å². The fourth-order valence-corrected chi connectivity index (χ4v) is 3.19. The van der Waals surface area contributed by atoms with Crippen LogP contribution in [-0.4, -0.2) is 24.0 Å².